The van der Waals surface area contributed by atoms with Gasteiger partial charge in [0.25, 0.3) is 0 Å². The molecule has 0 bridgehead atoms. The van der Waals surface area contributed by atoms with Crippen LogP contribution in [0.3, 0.4) is 0 Å². The molecule has 0 aliphatic carbocycles. The molecule has 2 aromatic rings. The number of hydrogen-bond donors (Lipinski definition) is 1. The maximum atomic E-state index is 13.0. The monoisotopic (exact) mass is 450 g/mol. The third-order valence-corrected chi connectivity index (χ3v) is 6.83. The molecule has 174 valence electrons. The van der Waals surface area contributed by atoms with Crippen molar-refractivity contribution in [1.82, 2.24) is 20.0 Å². The maximum Gasteiger partial charge on any atom is 0.411 e. The molecule has 0 spiro atoms. The average molecular weight is 451 g/mol. The van der Waals surface area contributed by atoms with Crippen molar-refractivity contribution in [3.63, 3.8) is 0 Å². The number of carbonyl (C=O) groups excluding carboxylic acids is 2. The summed E-state index contributed by atoms with van der Waals surface area (Å²) >= 11 is 0. The molecule has 3 amide bonds. The molecular weight excluding hydrogens is 420 g/mol. The first-order valence-electron chi connectivity index (χ1n) is 11.6. The van der Waals surface area contributed by atoms with Gasteiger partial charge in [-0.05, 0) is 0 Å². The number of ether oxygens (including phenoxy) is 2. The van der Waals surface area contributed by atoms with E-state index in [0.717, 1.165) is 44.0 Å². The number of piperazine rings is 1. The lowest BCUT2D eigenvalue weighted by Gasteiger charge is -2.42. The summed E-state index contributed by atoms with van der Waals surface area (Å²) in [6, 6.07) is 19.3. The Labute approximate surface area is 194 Å². The Bertz CT molecular complexity index is 925. The number of nitrogens with zero attached hydrogens (tertiary/aromatic N) is 3. The first-order valence-corrected chi connectivity index (χ1v) is 11.6. The van der Waals surface area contributed by atoms with Gasteiger partial charge in [-0.2, -0.15) is 0 Å². The van der Waals surface area contributed by atoms with Crippen LogP contribution < -0.4 is 5.32 Å². The van der Waals surface area contributed by atoms with Crippen LogP contribution in [0.15, 0.2) is 60.7 Å². The van der Waals surface area contributed by atoms with Gasteiger partial charge < -0.3 is 19.7 Å². The minimum atomic E-state index is -0.966. The molecule has 0 saturated carbocycles. The highest BCUT2D eigenvalue weighted by molar-refractivity contribution is 5.77. The molecule has 5 rings (SSSR count). The molecule has 33 heavy (non-hydrogen) atoms. The molecule has 0 radical (unpaired) electrons. The molecule has 1 atom stereocenters. The third kappa shape index (κ3) is 4.16. The molecule has 3 heterocycles. The van der Waals surface area contributed by atoms with Crippen LogP contribution >= 0.6 is 0 Å². The van der Waals surface area contributed by atoms with Crippen LogP contribution in [0.4, 0.5) is 9.59 Å². The van der Waals surface area contributed by atoms with Crippen molar-refractivity contribution in [3.8, 4) is 0 Å². The van der Waals surface area contributed by atoms with Gasteiger partial charge in [0.15, 0.2) is 5.60 Å². The molecule has 1 unspecified atom stereocenters. The second kappa shape index (κ2) is 9.41. The summed E-state index contributed by atoms with van der Waals surface area (Å²) in [7, 11) is 0. The van der Waals surface area contributed by atoms with Crippen molar-refractivity contribution in [1.29, 1.82) is 0 Å². The Balaban J connectivity index is 1.35. The Kier molecular flexibility index (Phi) is 6.20. The predicted molar refractivity (Wildman–Crippen MR) is 123 cm³/mol. The molecule has 3 fully saturated rings. The Morgan fingerprint density at radius 1 is 0.939 bits per heavy atom. The van der Waals surface area contributed by atoms with Crippen LogP contribution in [0, 0.1) is 0 Å². The van der Waals surface area contributed by atoms with Gasteiger partial charge in [-0.25, -0.2) is 9.59 Å². The van der Waals surface area contributed by atoms with Gasteiger partial charge in [-0.15, -0.1) is 0 Å². The zero-order valence-electron chi connectivity index (χ0n) is 18.7. The van der Waals surface area contributed by atoms with Gasteiger partial charge in [0, 0.05) is 56.9 Å². The summed E-state index contributed by atoms with van der Waals surface area (Å²) in [4.78, 5) is 31.9. The van der Waals surface area contributed by atoms with Gasteiger partial charge >= 0.3 is 12.1 Å². The van der Waals surface area contributed by atoms with Crippen LogP contribution in [0.1, 0.15) is 11.1 Å². The van der Waals surface area contributed by atoms with Gasteiger partial charge in [0.2, 0.25) is 0 Å². The Hall–Kier alpha value is -3.10. The van der Waals surface area contributed by atoms with Crippen LogP contribution in [-0.4, -0.2) is 91.9 Å². The quantitative estimate of drug-likeness (QED) is 0.755. The van der Waals surface area contributed by atoms with Gasteiger partial charge in [-0.1, -0.05) is 60.7 Å². The molecule has 1 N–H and O–H groups in total. The van der Waals surface area contributed by atoms with Crippen molar-refractivity contribution in [2.24, 2.45) is 0 Å². The fraction of sp³-hybridized carbons (Fsp3) is 0.440. The van der Waals surface area contributed by atoms with Crippen molar-refractivity contribution in [2.45, 2.75) is 11.6 Å². The van der Waals surface area contributed by atoms with E-state index in [9.17, 15) is 9.59 Å². The molecule has 2 aromatic carbocycles. The number of benzene rings is 2. The lowest BCUT2D eigenvalue weighted by atomic mass is 9.79. The average Bonchev–Trinajstić information content (AvgIpc) is 3.18. The van der Waals surface area contributed by atoms with E-state index in [4.69, 9.17) is 9.47 Å². The Morgan fingerprint density at radius 3 is 2.21 bits per heavy atom. The predicted octanol–water partition coefficient (Wildman–Crippen LogP) is 2.11. The van der Waals surface area contributed by atoms with E-state index in [1.54, 1.807) is 4.90 Å². The van der Waals surface area contributed by atoms with Crippen LogP contribution in [-0.2, 0) is 15.1 Å². The van der Waals surface area contributed by atoms with Gasteiger partial charge in [-0.3, -0.25) is 9.80 Å². The van der Waals surface area contributed by atoms with E-state index in [1.165, 1.54) is 0 Å². The minimum absolute atomic E-state index is 0.0997. The topological polar surface area (TPSA) is 74.4 Å². The van der Waals surface area contributed by atoms with Crippen molar-refractivity contribution < 1.29 is 19.1 Å². The lowest BCUT2D eigenvalue weighted by molar-refractivity contribution is 0.0380. The molecule has 3 aliphatic heterocycles. The normalized spacial score (nSPS) is 22.5. The number of rotatable bonds is 5. The number of hydrogen-bond acceptors (Lipinski definition) is 5. The lowest BCUT2D eigenvalue weighted by Crippen LogP contribution is -2.60. The van der Waals surface area contributed by atoms with Crippen molar-refractivity contribution in [3.05, 3.63) is 71.8 Å². The summed E-state index contributed by atoms with van der Waals surface area (Å²) in [5, 5.41) is 3.06. The highest BCUT2D eigenvalue weighted by Gasteiger charge is 2.58. The summed E-state index contributed by atoms with van der Waals surface area (Å²) in [6.45, 7) is 5.99. The van der Waals surface area contributed by atoms with Gasteiger partial charge in [0.05, 0.1) is 13.2 Å². The first kappa shape index (κ1) is 21.7. The van der Waals surface area contributed by atoms with E-state index in [1.807, 2.05) is 65.6 Å². The summed E-state index contributed by atoms with van der Waals surface area (Å²) in [6.07, 6.45) is -0.333. The number of amides is 3. The number of cyclic esters (lactones) is 1. The van der Waals surface area contributed by atoms with Crippen LogP contribution in [0.2, 0.25) is 0 Å². The zero-order chi connectivity index (χ0) is 22.7. The van der Waals surface area contributed by atoms with Crippen LogP contribution in [0.25, 0.3) is 0 Å². The van der Waals surface area contributed by atoms with E-state index >= 15 is 0 Å². The number of fused-ring (bicyclic) bond motifs is 1. The number of carbonyl (C=O) groups is 2. The zero-order valence-corrected chi connectivity index (χ0v) is 18.7. The van der Waals surface area contributed by atoms with Crippen LogP contribution in [0.5, 0.6) is 0 Å². The number of nitrogens with one attached hydrogen (secondary N) is 1. The molecule has 3 saturated heterocycles. The second-order valence-corrected chi connectivity index (χ2v) is 8.68. The standard InChI is InChI=1S/C25H30N4O4/c30-23(26-11-12-27-15-17-32-18-16-27)28-13-14-29-22(19-28)25(33-24(29)31,20-7-3-1-4-8-20)21-9-5-2-6-10-21/h1-10,22H,11-19H2,(H,26,30). The van der Waals surface area contributed by atoms with Gasteiger partial charge in [0.1, 0.15) is 6.04 Å². The first-order chi connectivity index (χ1) is 16.2. The van der Waals surface area contributed by atoms with E-state index in [-0.39, 0.29) is 18.2 Å². The minimum Gasteiger partial charge on any atom is -0.431 e. The molecule has 0 aromatic heterocycles. The highest BCUT2D eigenvalue weighted by Crippen LogP contribution is 2.45. The molecule has 8 nitrogen and oxygen atoms in total. The molecular formula is C25H30N4O4. The smallest absolute Gasteiger partial charge is 0.411 e. The fourth-order valence-electron chi connectivity index (χ4n) is 5.10. The number of urea groups is 1. The molecule has 3 aliphatic rings. The summed E-state index contributed by atoms with van der Waals surface area (Å²) < 4.78 is 11.5. The summed E-state index contributed by atoms with van der Waals surface area (Å²) in [5.74, 6) is 0. The SMILES string of the molecule is O=C(NCCN1CCOCC1)N1CCN2C(=O)OC(c3ccccc3)(c3ccccc3)C2C1. The Morgan fingerprint density at radius 2 is 1.58 bits per heavy atom. The summed E-state index contributed by atoms with van der Waals surface area (Å²) in [5.41, 5.74) is 0.852. The highest BCUT2D eigenvalue weighted by atomic mass is 16.6. The van der Waals surface area contributed by atoms with E-state index < -0.39 is 5.60 Å². The van der Waals surface area contributed by atoms with E-state index in [2.05, 4.69) is 10.2 Å². The fourth-order valence-corrected chi connectivity index (χ4v) is 5.10. The second-order valence-electron chi connectivity index (χ2n) is 8.68. The number of morpholine rings is 1. The van der Waals surface area contributed by atoms with Crippen molar-refractivity contribution in [2.75, 3.05) is 59.0 Å². The van der Waals surface area contributed by atoms with E-state index in [0.29, 0.717) is 26.2 Å². The largest absolute Gasteiger partial charge is 0.431 e. The maximum absolute atomic E-state index is 13.0. The molecule has 8 heteroatoms. The van der Waals surface area contributed by atoms with Crippen molar-refractivity contribution >= 4 is 12.1 Å². The third-order valence-electron chi connectivity index (χ3n) is 6.83.